The Hall–Kier alpha value is -4.85. The molecule has 2 aromatic heterocycles. The van der Waals surface area contributed by atoms with Gasteiger partial charge in [-0.15, -0.1) is 11.3 Å². The molecule has 7 rings (SSSR count). The summed E-state index contributed by atoms with van der Waals surface area (Å²) in [5, 5.41) is 11.5. The minimum atomic E-state index is -0.938. The number of nitriles is 1. The second-order valence-electron chi connectivity index (χ2n) is 12.3. The molecular weight excluding hydrogens is 624 g/mol. The topological polar surface area (TPSA) is 122 Å². The fourth-order valence-corrected chi connectivity index (χ4v) is 8.38. The van der Waals surface area contributed by atoms with Crippen LogP contribution in [-0.2, 0) is 4.79 Å². The van der Waals surface area contributed by atoms with Crippen LogP contribution in [0.2, 0.25) is 0 Å². The maximum absolute atomic E-state index is 14.9. The number of benzene rings is 2. The molecule has 3 saturated heterocycles. The lowest BCUT2D eigenvalue weighted by molar-refractivity contribution is -0.127. The molecule has 5 heterocycles. The molecule has 0 bridgehead atoms. The van der Waals surface area contributed by atoms with Crippen molar-refractivity contribution in [3.8, 4) is 29.1 Å². The lowest BCUT2D eigenvalue weighted by atomic mass is 9.94. The highest BCUT2D eigenvalue weighted by Crippen LogP contribution is 2.48. The Morgan fingerprint density at radius 3 is 2.89 bits per heavy atom. The van der Waals surface area contributed by atoms with E-state index in [1.54, 1.807) is 17.0 Å². The molecule has 2 N–H and O–H groups in total. The average molecular weight is 656 g/mol. The number of aromatic nitrogens is 2. The van der Waals surface area contributed by atoms with Crippen LogP contribution in [0.4, 0.5) is 19.5 Å². The first-order valence-electron chi connectivity index (χ1n) is 15.4. The van der Waals surface area contributed by atoms with Crippen molar-refractivity contribution in [3.05, 3.63) is 59.7 Å². The summed E-state index contributed by atoms with van der Waals surface area (Å²) in [6.07, 6.45) is 2.57. The van der Waals surface area contributed by atoms with Crippen molar-refractivity contribution in [2.24, 2.45) is 0 Å². The molecule has 3 aliphatic heterocycles. The molecule has 0 saturated carbocycles. The Bertz CT molecular complexity index is 2040. The average Bonchev–Trinajstić information content (AvgIpc) is 3.80. The number of nitrogens with two attached hydrogens (primary N) is 1. The predicted molar refractivity (Wildman–Crippen MR) is 175 cm³/mol. The number of hydrogen-bond donors (Lipinski definition) is 1. The number of fused-ring (bicyclic) bond motifs is 3. The van der Waals surface area contributed by atoms with Crippen LogP contribution in [0.3, 0.4) is 0 Å². The summed E-state index contributed by atoms with van der Waals surface area (Å²) < 4.78 is 42.3. The minimum Gasteiger partial charge on any atom is -0.471 e. The first kappa shape index (κ1) is 30.8. The molecule has 0 aliphatic carbocycles. The van der Waals surface area contributed by atoms with Crippen LogP contribution in [-0.4, -0.2) is 75.8 Å². The Kier molecular flexibility index (Phi) is 7.69. The SMILES string of the molecule is [C-]#[N+]c1c(N)sc2c(F)ccc(-c3ccc4c(O[C@@H]5CCN(C(=O)C=C)[C@@H]5C)nc(OC[C@@]56CCCN5C[C@H](F)C6)nc4c3C#N)c12. The van der Waals surface area contributed by atoms with E-state index in [0.717, 1.165) is 30.7 Å². The number of nitrogens with zero attached hydrogens (tertiary/aromatic N) is 6. The van der Waals surface area contributed by atoms with E-state index in [4.69, 9.17) is 26.8 Å². The molecule has 0 unspecified atom stereocenters. The summed E-state index contributed by atoms with van der Waals surface area (Å²) in [4.78, 5) is 29.1. The van der Waals surface area contributed by atoms with Crippen LogP contribution in [0.25, 0.3) is 37.0 Å². The van der Waals surface area contributed by atoms with Gasteiger partial charge in [-0.3, -0.25) is 9.69 Å². The molecule has 2 aromatic carbocycles. The number of carbonyl (C=O) groups excluding carboxylic acids is 1. The van der Waals surface area contributed by atoms with Gasteiger partial charge in [0.1, 0.15) is 30.8 Å². The van der Waals surface area contributed by atoms with Crippen molar-refractivity contribution >= 4 is 48.9 Å². The van der Waals surface area contributed by atoms with Crippen LogP contribution >= 0.6 is 11.3 Å². The largest absolute Gasteiger partial charge is 0.471 e. The number of thiophene rings is 1. The third-order valence-corrected chi connectivity index (χ3v) is 10.8. The Labute approximate surface area is 273 Å². The number of likely N-dealkylation sites (tertiary alicyclic amines) is 1. The lowest BCUT2D eigenvalue weighted by Crippen LogP contribution is -2.43. The number of nitrogen functional groups attached to an aromatic ring is 1. The summed E-state index contributed by atoms with van der Waals surface area (Å²) in [6, 6.07) is 8.20. The standard InChI is InChI=1S/C34H31F2N7O3S/c1-4-26(44)43-13-10-25(18(43)2)46-32-22-7-6-20(21-8-9-24(36)30-27(21)29(39-3)31(38)47-30)23(15-37)28(22)40-33(41-32)45-17-34-11-5-12-42(34)16-19(35)14-34/h4,6-9,18-19,25H,1,5,10-14,16-17,38H2,2H3/t18-,19-,25-,34+/m1/s1. The molecule has 3 fully saturated rings. The summed E-state index contributed by atoms with van der Waals surface area (Å²) >= 11 is 0.984. The van der Waals surface area contributed by atoms with Crippen molar-refractivity contribution in [1.29, 1.82) is 5.26 Å². The van der Waals surface area contributed by atoms with E-state index in [2.05, 4.69) is 27.4 Å². The predicted octanol–water partition coefficient (Wildman–Crippen LogP) is 6.16. The molecule has 4 aromatic rings. The summed E-state index contributed by atoms with van der Waals surface area (Å²) in [5.41, 5.74) is 7.05. The Balaban J connectivity index is 1.36. The van der Waals surface area contributed by atoms with Gasteiger partial charge < -0.3 is 20.1 Å². The van der Waals surface area contributed by atoms with Gasteiger partial charge in [0.2, 0.25) is 17.5 Å². The van der Waals surface area contributed by atoms with Gasteiger partial charge in [-0.05, 0) is 50.1 Å². The summed E-state index contributed by atoms with van der Waals surface area (Å²) in [6.45, 7) is 15.0. The van der Waals surface area contributed by atoms with Crippen molar-refractivity contribution in [2.75, 3.05) is 32.0 Å². The van der Waals surface area contributed by atoms with E-state index in [-0.39, 0.29) is 56.9 Å². The van der Waals surface area contributed by atoms with E-state index in [9.17, 15) is 18.8 Å². The quantitative estimate of drug-likeness (QED) is 0.186. The second kappa shape index (κ2) is 11.7. The molecule has 13 heteroatoms. The highest BCUT2D eigenvalue weighted by molar-refractivity contribution is 7.23. The fraction of sp³-hybridized carbons (Fsp3) is 0.382. The molecule has 0 spiro atoms. The molecule has 1 amide bonds. The van der Waals surface area contributed by atoms with E-state index in [1.165, 1.54) is 18.2 Å². The Morgan fingerprint density at radius 2 is 2.13 bits per heavy atom. The van der Waals surface area contributed by atoms with Gasteiger partial charge in [-0.2, -0.15) is 15.2 Å². The van der Waals surface area contributed by atoms with Crippen LogP contribution in [0, 0.1) is 23.7 Å². The zero-order valence-corrected chi connectivity index (χ0v) is 26.4. The zero-order valence-electron chi connectivity index (χ0n) is 25.6. The third kappa shape index (κ3) is 5.01. The molecule has 240 valence electrons. The highest BCUT2D eigenvalue weighted by Gasteiger charge is 2.49. The van der Waals surface area contributed by atoms with E-state index in [1.807, 2.05) is 6.92 Å². The van der Waals surface area contributed by atoms with Crippen LogP contribution in [0.15, 0.2) is 36.9 Å². The molecule has 47 heavy (non-hydrogen) atoms. The van der Waals surface area contributed by atoms with Gasteiger partial charge in [-0.1, -0.05) is 18.7 Å². The summed E-state index contributed by atoms with van der Waals surface area (Å²) in [5.74, 6) is -0.529. The number of amides is 1. The van der Waals surface area contributed by atoms with Crippen molar-refractivity contribution in [3.63, 3.8) is 0 Å². The third-order valence-electron chi connectivity index (χ3n) is 9.75. The van der Waals surface area contributed by atoms with Gasteiger partial charge >= 0.3 is 6.01 Å². The van der Waals surface area contributed by atoms with Crippen molar-refractivity contribution in [1.82, 2.24) is 19.8 Å². The normalized spacial score (nSPS) is 23.9. The smallest absolute Gasteiger partial charge is 0.320 e. The van der Waals surface area contributed by atoms with Gasteiger partial charge in [-0.25, -0.2) is 13.6 Å². The second-order valence-corrected chi connectivity index (χ2v) is 13.4. The first-order chi connectivity index (χ1) is 22.7. The monoisotopic (exact) mass is 655 g/mol. The van der Waals surface area contributed by atoms with Gasteiger partial charge in [0, 0.05) is 36.9 Å². The summed E-state index contributed by atoms with van der Waals surface area (Å²) in [7, 11) is 0. The number of carbonyl (C=O) groups is 1. The highest BCUT2D eigenvalue weighted by atomic mass is 32.1. The number of hydrogen-bond acceptors (Lipinski definition) is 9. The van der Waals surface area contributed by atoms with E-state index >= 15 is 0 Å². The number of ether oxygens (including phenoxy) is 2. The van der Waals surface area contributed by atoms with E-state index < -0.39 is 23.6 Å². The molecule has 3 aliphatic rings. The van der Waals surface area contributed by atoms with Crippen molar-refractivity contribution < 1.29 is 23.0 Å². The van der Waals surface area contributed by atoms with Crippen LogP contribution < -0.4 is 15.2 Å². The minimum absolute atomic E-state index is 0.0276. The number of alkyl halides is 1. The number of rotatable bonds is 7. The Morgan fingerprint density at radius 1 is 1.32 bits per heavy atom. The number of anilines is 1. The maximum atomic E-state index is 14.9. The van der Waals surface area contributed by atoms with E-state index in [0.29, 0.717) is 47.8 Å². The van der Waals surface area contributed by atoms with Gasteiger partial charge in [0.05, 0.1) is 44.3 Å². The lowest BCUT2D eigenvalue weighted by Gasteiger charge is -2.31. The first-order valence-corrected chi connectivity index (χ1v) is 16.2. The van der Waals surface area contributed by atoms with Gasteiger partial charge in [0.25, 0.3) is 0 Å². The van der Waals surface area contributed by atoms with Gasteiger partial charge in [0.15, 0.2) is 0 Å². The van der Waals surface area contributed by atoms with Crippen molar-refractivity contribution in [2.45, 2.75) is 56.5 Å². The zero-order chi connectivity index (χ0) is 33.0. The molecule has 4 atom stereocenters. The van der Waals surface area contributed by atoms with Crippen LogP contribution in [0.5, 0.6) is 11.9 Å². The fourth-order valence-electron chi connectivity index (χ4n) is 7.44. The molecular formula is C34H31F2N7O3S. The van der Waals surface area contributed by atoms with Crippen LogP contribution in [0.1, 0.15) is 38.2 Å². The number of halogens is 2. The molecule has 0 radical (unpaired) electrons. The maximum Gasteiger partial charge on any atom is 0.320 e. The molecule has 10 nitrogen and oxygen atoms in total.